The third-order valence-corrected chi connectivity index (χ3v) is 9.57. The highest BCUT2D eigenvalue weighted by molar-refractivity contribution is 8.13. The minimum absolute atomic E-state index is 0.0705. The first-order valence-corrected chi connectivity index (χ1v) is 10.9. The van der Waals surface area contributed by atoms with Gasteiger partial charge in [0, 0.05) is 12.6 Å². The van der Waals surface area contributed by atoms with Gasteiger partial charge in [-0.25, -0.2) is 0 Å². The lowest BCUT2D eigenvalue weighted by atomic mass is 10.2. The van der Waals surface area contributed by atoms with E-state index in [0.717, 1.165) is 0 Å². The van der Waals surface area contributed by atoms with Crippen LogP contribution in [0.1, 0.15) is 10.4 Å². The molecule has 0 aliphatic carbocycles. The zero-order chi connectivity index (χ0) is 17.0. The van der Waals surface area contributed by atoms with Gasteiger partial charge in [0.15, 0.2) is 0 Å². The fraction of sp³-hybridized carbons (Fsp3) is 0.0500. The van der Waals surface area contributed by atoms with Crippen molar-refractivity contribution in [3.05, 3.63) is 90.5 Å². The molecule has 4 heteroatoms. The van der Waals surface area contributed by atoms with E-state index < -0.39 is 6.55 Å². The van der Waals surface area contributed by atoms with Gasteiger partial charge >= 0.3 is 0 Å². The van der Waals surface area contributed by atoms with Crippen molar-refractivity contribution < 1.29 is 4.79 Å². The van der Waals surface area contributed by atoms with Crippen molar-refractivity contribution in [3.8, 4) is 0 Å². The lowest BCUT2D eigenvalue weighted by molar-refractivity contribution is 0.0963. The standard InChI is InChI=1S/C20H19NOP2/c1-21-20(22)16-12-14-19(15-13-16)24(23,17-8-4-2-5-9-17)18-10-6-3-7-11-18/h2-15,23H,1H3,(H,21,22). The molecule has 3 aromatic carbocycles. The number of carbonyl (C=O) groups excluding carboxylic acids is 1. The molecule has 0 saturated heterocycles. The normalized spacial score (nSPS) is 11.0. The zero-order valence-electron chi connectivity index (χ0n) is 13.4. The van der Waals surface area contributed by atoms with Crippen LogP contribution in [-0.2, 0) is 0 Å². The van der Waals surface area contributed by atoms with Crippen molar-refractivity contribution in [2.75, 3.05) is 7.05 Å². The van der Waals surface area contributed by atoms with Crippen molar-refractivity contribution in [1.29, 1.82) is 0 Å². The van der Waals surface area contributed by atoms with E-state index >= 15 is 0 Å². The van der Waals surface area contributed by atoms with Gasteiger partial charge < -0.3 is 5.32 Å². The second kappa shape index (κ2) is 7.18. The number of hydrogen-bond donors (Lipinski definition) is 1. The van der Waals surface area contributed by atoms with E-state index in [-0.39, 0.29) is 5.91 Å². The smallest absolute Gasteiger partial charge is 0.251 e. The molecule has 3 aromatic rings. The predicted molar refractivity (Wildman–Crippen MR) is 107 cm³/mol. The molecule has 0 saturated carbocycles. The largest absolute Gasteiger partial charge is 0.355 e. The van der Waals surface area contributed by atoms with Gasteiger partial charge in [-0.1, -0.05) is 72.8 Å². The van der Waals surface area contributed by atoms with Crippen LogP contribution < -0.4 is 21.2 Å². The maximum Gasteiger partial charge on any atom is 0.251 e. The molecule has 1 N–H and O–H groups in total. The lowest BCUT2D eigenvalue weighted by Gasteiger charge is -2.25. The van der Waals surface area contributed by atoms with Crippen molar-refractivity contribution in [1.82, 2.24) is 5.32 Å². The summed E-state index contributed by atoms with van der Waals surface area (Å²) in [6, 6.07) is 28.8. The molecule has 3 rings (SSSR count). The van der Waals surface area contributed by atoms with Gasteiger partial charge in [-0.15, -0.1) is 8.53 Å². The first-order valence-electron chi connectivity index (χ1n) is 7.74. The van der Waals surface area contributed by atoms with Gasteiger partial charge in [-0.2, -0.15) is 0 Å². The molecular formula is C20H19NOP2. The van der Waals surface area contributed by atoms with Crippen LogP contribution in [0.3, 0.4) is 0 Å². The Bertz CT molecular complexity index is 831. The van der Waals surface area contributed by atoms with E-state index in [1.807, 2.05) is 36.4 Å². The third-order valence-electron chi connectivity index (χ3n) is 4.03. The Morgan fingerprint density at radius 1 is 0.750 bits per heavy atom. The van der Waals surface area contributed by atoms with E-state index in [0.29, 0.717) is 5.56 Å². The Hall–Kier alpha value is -2.14. The Labute approximate surface area is 144 Å². The molecule has 1 amide bonds. The Morgan fingerprint density at radius 2 is 1.17 bits per heavy atom. The van der Waals surface area contributed by atoms with Crippen LogP contribution in [0.15, 0.2) is 84.9 Å². The number of amides is 1. The Kier molecular flexibility index (Phi) is 5.00. The van der Waals surface area contributed by atoms with Crippen LogP contribution in [-0.4, -0.2) is 13.0 Å². The molecule has 0 spiro atoms. The van der Waals surface area contributed by atoms with Crippen LogP contribution in [0.5, 0.6) is 0 Å². The maximum absolute atomic E-state index is 11.8. The fourth-order valence-electron chi connectivity index (χ4n) is 2.73. The molecule has 0 radical (unpaired) electrons. The average Bonchev–Trinajstić information content (AvgIpc) is 2.68. The minimum atomic E-state index is -1.91. The number of rotatable bonds is 4. The number of hydrogen-bond acceptors (Lipinski definition) is 1. The average molecular weight is 351 g/mol. The quantitative estimate of drug-likeness (QED) is 0.718. The number of carbonyl (C=O) groups is 1. The molecule has 2 nitrogen and oxygen atoms in total. The molecule has 0 fully saturated rings. The monoisotopic (exact) mass is 351 g/mol. The van der Waals surface area contributed by atoms with Gasteiger partial charge in [0.2, 0.25) is 0 Å². The number of benzene rings is 3. The number of nitrogens with one attached hydrogen (secondary N) is 1. The van der Waals surface area contributed by atoms with Crippen LogP contribution in [0.25, 0.3) is 0 Å². The molecule has 0 aliphatic rings. The molecule has 0 atom stereocenters. The molecule has 0 bridgehead atoms. The molecule has 120 valence electrons. The molecule has 0 heterocycles. The lowest BCUT2D eigenvalue weighted by Crippen LogP contribution is -2.24. The highest BCUT2D eigenvalue weighted by Gasteiger charge is 2.22. The predicted octanol–water partition coefficient (Wildman–Crippen LogP) is 3.40. The van der Waals surface area contributed by atoms with Gasteiger partial charge in [0.25, 0.3) is 5.91 Å². The summed E-state index contributed by atoms with van der Waals surface area (Å²) in [5, 5.41) is 6.35. The van der Waals surface area contributed by atoms with E-state index in [4.69, 9.17) is 0 Å². The van der Waals surface area contributed by atoms with E-state index in [1.54, 1.807) is 7.05 Å². The summed E-state index contributed by atoms with van der Waals surface area (Å²) >= 11 is 0. The van der Waals surface area contributed by atoms with Crippen molar-refractivity contribution in [3.63, 3.8) is 0 Å². The highest BCUT2D eigenvalue weighted by atomic mass is 31.8. The SMILES string of the molecule is CNC(=O)c1ccc(P(=P)(c2ccccc2)c2ccccc2)cc1. The highest BCUT2D eigenvalue weighted by Crippen LogP contribution is 2.48. The van der Waals surface area contributed by atoms with Gasteiger partial charge in [-0.3, -0.25) is 4.79 Å². The van der Waals surface area contributed by atoms with Crippen molar-refractivity contribution >= 4 is 36.9 Å². The van der Waals surface area contributed by atoms with E-state index in [9.17, 15) is 4.79 Å². The van der Waals surface area contributed by atoms with Crippen LogP contribution in [0.4, 0.5) is 0 Å². The molecule has 0 aliphatic heterocycles. The van der Waals surface area contributed by atoms with Crippen LogP contribution in [0, 0.1) is 0 Å². The summed E-state index contributed by atoms with van der Waals surface area (Å²) in [4.78, 5) is 11.8. The van der Waals surface area contributed by atoms with Crippen LogP contribution in [0.2, 0.25) is 0 Å². The maximum atomic E-state index is 11.8. The topological polar surface area (TPSA) is 29.1 Å². The molecule has 24 heavy (non-hydrogen) atoms. The summed E-state index contributed by atoms with van der Waals surface area (Å²) in [7, 11) is 5.81. The van der Waals surface area contributed by atoms with Gasteiger partial charge in [0.1, 0.15) is 0 Å². The van der Waals surface area contributed by atoms with Gasteiger partial charge in [0.05, 0.1) is 0 Å². The Balaban J connectivity index is 2.16. The van der Waals surface area contributed by atoms with Crippen molar-refractivity contribution in [2.45, 2.75) is 0 Å². The van der Waals surface area contributed by atoms with E-state index in [2.05, 4.69) is 62.4 Å². The summed E-state index contributed by atoms with van der Waals surface area (Å²) in [5.74, 6) is -0.0705. The summed E-state index contributed by atoms with van der Waals surface area (Å²) in [6.07, 6.45) is 0. The minimum Gasteiger partial charge on any atom is -0.355 e. The second-order valence-electron chi connectivity index (χ2n) is 5.47. The third kappa shape index (κ3) is 3.08. The summed E-state index contributed by atoms with van der Waals surface area (Å²) in [6.45, 7) is -1.91. The molecule has 0 unspecified atom stereocenters. The molecule has 0 aromatic heterocycles. The summed E-state index contributed by atoms with van der Waals surface area (Å²) in [5.41, 5.74) is 0.667. The van der Waals surface area contributed by atoms with Crippen molar-refractivity contribution in [2.24, 2.45) is 0 Å². The summed E-state index contributed by atoms with van der Waals surface area (Å²) < 4.78 is 0. The molecular weight excluding hydrogens is 332 g/mol. The van der Waals surface area contributed by atoms with Crippen LogP contribution >= 0.6 is 15.1 Å². The first-order chi connectivity index (χ1) is 11.7. The fourth-order valence-corrected chi connectivity index (χ4v) is 6.80. The second-order valence-corrected chi connectivity index (χ2v) is 10.4. The van der Waals surface area contributed by atoms with E-state index in [1.165, 1.54) is 15.9 Å². The zero-order valence-corrected chi connectivity index (χ0v) is 15.3. The first kappa shape index (κ1) is 16.7. The van der Waals surface area contributed by atoms with Gasteiger partial charge in [-0.05, 0) is 34.6 Å². The Morgan fingerprint density at radius 3 is 1.58 bits per heavy atom.